The average Bonchev–Trinajstić information content (AvgIpc) is 2.55. The van der Waals surface area contributed by atoms with E-state index in [1.165, 1.54) is 24.1 Å². The first-order valence-corrected chi connectivity index (χ1v) is 9.05. The number of carbonyl (C=O) groups is 1. The molecule has 132 valence electrons. The number of rotatable bonds is 3. The number of amidine groups is 1. The number of benzene rings is 1. The van der Waals surface area contributed by atoms with E-state index in [4.69, 9.17) is 0 Å². The Labute approximate surface area is 143 Å². The Morgan fingerprint density at radius 1 is 1.36 bits per heavy atom. The lowest BCUT2D eigenvalue weighted by Crippen LogP contribution is -2.42. The topological polar surface area (TPSA) is 70.1 Å². The highest BCUT2D eigenvalue weighted by atomic mass is 32.2. The van der Waals surface area contributed by atoms with Crippen LogP contribution < -0.4 is 0 Å². The predicted octanol–water partition coefficient (Wildman–Crippen LogP) is 1.42. The van der Waals surface area contributed by atoms with Crippen LogP contribution in [0.25, 0.3) is 0 Å². The fourth-order valence-electron chi connectivity index (χ4n) is 2.57. The zero-order valence-electron chi connectivity index (χ0n) is 13.3. The van der Waals surface area contributed by atoms with E-state index in [-0.39, 0.29) is 35.8 Å². The standard InChI is InChI=1S/C16H15F2N3O3S/c1-20(10-11-4-5-12(17)9-14(11)18)16(22)13-3-2-6-21-7-8-25(23,24)19-15(13)21/h2-6,9H,7-8,10H2,1H3. The first kappa shape index (κ1) is 17.3. The van der Waals surface area contributed by atoms with Crippen molar-refractivity contribution < 1.29 is 22.0 Å². The summed E-state index contributed by atoms with van der Waals surface area (Å²) in [7, 11) is -2.17. The van der Waals surface area contributed by atoms with Crippen LogP contribution in [-0.2, 0) is 21.4 Å². The van der Waals surface area contributed by atoms with Gasteiger partial charge >= 0.3 is 0 Å². The minimum atomic E-state index is -3.62. The number of hydrogen-bond acceptors (Lipinski definition) is 4. The van der Waals surface area contributed by atoms with Gasteiger partial charge in [0.2, 0.25) is 0 Å². The third-order valence-electron chi connectivity index (χ3n) is 3.86. The summed E-state index contributed by atoms with van der Waals surface area (Å²) in [5.41, 5.74) is 0.259. The lowest BCUT2D eigenvalue weighted by atomic mass is 10.1. The molecule has 0 saturated carbocycles. The summed E-state index contributed by atoms with van der Waals surface area (Å²) in [5.74, 6) is -2.03. The molecule has 2 aliphatic rings. The number of hydrogen-bond donors (Lipinski definition) is 0. The zero-order valence-corrected chi connectivity index (χ0v) is 14.1. The molecule has 0 aliphatic carbocycles. The Kier molecular flexibility index (Phi) is 4.42. The number of likely N-dealkylation sites (N-methyl/N-ethyl adjacent to an activating group) is 1. The maximum atomic E-state index is 13.8. The molecule has 1 aromatic carbocycles. The van der Waals surface area contributed by atoms with Gasteiger partial charge in [-0.2, -0.15) is 0 Å². The van der Waals surface area contributed by atoms with Crippen LogP contribution in [0.5, 0.6) is 0 Å². The van der Waals surface area contributed by atoms with E-state index in [1.807, 2.05) is 0 Å². The lowest BCUT2D eigenvalue weighted by molar-refractivity contribution is -0.125. The molecule has 2 aliphatic heterocycles. The number of halogens is 2. The monoisotopic (exact) mass is 367 g/mol. The Balaban J connectivity index is 1.85. The van der Waals surface area contributed by atoms with Crippen molar-refractivity contribution in [3.05, 3.63) is 59.3 Å². The van der Waals surface area contributed by atoms with Crippen LogP contribution in [0, 0.1) is 11.6 Å². The summed E-state index contributed by atoms with van der Waals surface area (Å²) < 4.78 is 53.9. The summed E-state index contributed by atoms with van der Waals surface area (Å²) in [6, 6.07) is 3.12. The minimum absolute atomic E-state index is 0.0604. The van der Waals surface area contributed by atoms with Gasteiger partial charge in [-0.05, 0) is 18.2 Å². The molecule has 1 aromatic rings. The van der Waals surface area contributed by atoms with Crippen molar-refractivity contribution in [3.63, 3.8) is 0 Å². The Hall–Kier alpha value is -2.55. The van der Waals surface area contributed by atoms with Gasteiger partial charge in [-0.1, -0.05) is 6.07 Å². The highest BCUT2D eigenvalue weighted by Gasteiger charge is 2.31. The maximum absolute atomic E-state index is 13.8. The summed E-state index contributed by atoms with van der Waals surface area (Å²) in [4.78, 5) is 15.5. The largest absolute Gasteiger partial charge is 0.337 e. The van der Waals surface area contributed by atoms with Gasteiger partial charge in [0.25, 0.3) is 15.9 Å². The van der Waals surface area contributed by atoms with Crippen LogP contribution >= 0.6 is 0 Å². The van der Waals surface area contributed by atoms with Crippen molar-refractivity contribution >= 4 is 21.8 Å². The van der Waals surface area contributed by atoms with Crippen molar-refractivity contribution in [2.75, 3.05) is 19.3 Å². The van der Waals surface area contributed by atoms with E-state index in [2.05, 4.69) is 4.40 Å². The minimum Gasteiger partial charge on any atom is -0.337 e. The first-order chi connectivity index (χ1) is 11.8. The van der Waals surface area contributed by atoms with E-state index in [9.17, 15) is 22.0 Å². The Bertz CT molecular complexity index is 923. The number of fused-ring (bicyclic) bond motifs is 1. The van der Waals surface area contributed by atoms with Gasteiger partial charge in [-0.25, -0.2) is 17.2 Å². The van der Waals surface area contributed by atoms with E-state index in [0.717, 1.165) is 12.1 Å². The smallest absolute Gasteiger partial charge is 0.257 e. The molecular weight excluding hydrogens is 352 g/mol. The van der Waals surface area contributed by atoms with Gasteiger partial charge in [-0.3, -0.25) is 4.79 Å². The Morgan fingerprint density at radius 2 is 2.12 bits per heavy atom. The van der Waals surface area contributed by atoms with Gasteiger partial charge in [0, 0.05) is 38.0 Å². The molecule has 0 saturated heterocycles. The van der Waals surface area contributed by atoms with Gasteiger partial charge in [0.1, 0.15) is 11.6 Å². The molecule has 0 radical (unpaired) electrons. The van der Waals surface area contributed by atoms with Crippen molar-refractivity contribution in [2.24, 2.45) is 4.40 Å². The average molecular weight is 367 g/mol. The van der Waals surface area contributed by atoms with E-state index >= 15 is 0 Å². The molecule has 1 amide bonds. The summed E-state index contributed by atoms with van der Waals surface area (Å²) in [6.07, 6.45) is 4.73. The number of carbonyl (C=O) groups excluding carboxylic acids is 1. The van der Waals surface area contributed by atoms with Gasteiger partial charge in [-0.15, -0.1) is 4.40 Å². The second-order valence-corrected chi connectivity index (χ2v) is 7.47. The van der Waals surface area contributed by atoms with E-state index in [0.29, 0.717) is 0 Å². The van der Waals surface area contributed by atoms with Crippen molar-refractivity contribution in [1.29, 1.82) is 0 Å². The van der Waals surface area contributed by atoms with Crippen LogP contribution in [0.1, 0.15) is 5.56 Å². The van der Waals surface area contributed by atoms with Crippen LogP contribution in [-0.4, -0.2) is 49.3 Å². The summed E-state index contributed by atoms with van der Waals surface area (Å²) in [5, 5.41) is 0. The molecule has 0 bridgehead atoms. The fraction of sp³-hybridized carbons (Fsp3) is 0.250. The second-order valence-electron chi connectivity index (χ2n) is 5.71. The van der Waals surface area contributed by atoms with Crippen molar-refractivity contribution in [2.45, 2.75) is 6.54 Å². The third kappa shape index (κ3) is 3.60. The van der Waals surface area contributed by atoms with Gasteiger partial charge in [0.05, 0.1) is 11.3 Å². The van der Waals surface area contributed by atoms with Crippen LogP contribution in [0.2, 0.25) is 0 Å². The summed E-state index contributed by atoms with van der Waals surface area (Å²) >= 11 is 0. The molecule has 0 unspecified atom stereocenters. The number of allylic oxidation sites excluding steroid dienone is 2. The fourth-order valence-corrected chi connectivity index (χ4v) is 3.55. The van der Waals surface area contributed by atoms with Crippen LogP contribution in [0.3, 0.4) is 0 Å². The van der Waals surface area contributed by atoms with Gasteiger partial charge in [0.15, 0.2) is 5.84 Å². The third-order valence-corrected chi connectivity index (χ3v) is 5.01. The summed E-state index contributed by atoms with van der Waals surface area (Å²) in [6.45, 7) is 0.116. The highest BCUT2D eigenvalue weighted by Crippen LogP contribution is 2.20. The van der Waals surface area contributed by atoms with Crippen molar-refractivity contribution in [3.8, 4) is 0 Å². The predicted molar refractivity (Wildman–Crippen MR) is 88.0 cm³/mol. The second kappa shape index (κ2) is 6.40. The molecule has 0 atom stereocenters. The van der Waals surface area contributed by atoms with Crippen LogP contribution in [0.15, 0.2) is 46.5 Å². The van der Waals surface area contributed by atoms with E-state index in [1.54, 1.807) is 17.2 Å². The number of amides is 1. The molecule has 0 aromatic heterocycles. The highest BCUT2D eigenvalue weighted by molar-refractivity contribution is 7.90. The molecule has 2 heterocycles. The van der Waals surface area contributed by atoms with E-state index < -0.39 is 27.6 Å². The molecule has 3 rings (SSSR count). The molecule has 25 heavy (non-hydrogen) atoms. The van der Waals surface area contributed by atoms with Gasteiger partial charge < -0.3 is 9.80 Å². The molecular formula is C16H15F2N3O3S. The molecule has 0 fully saturated rings. The SMILES string of the molecule is CN(Cc1ccc(F)cc1F)C(=O)C1=CC=CN2CCS(=O)(=O)N=C12. The van der Waals surface area contributed by atoms with Crippen molar-refractivity contribution in [1.82, 2.24) is 9.80 Å². The quantitative estimate of drug-likeness (QED) is 0.810. The Morgan fingerprint density at radius 3 is 2.84 bits per heavy atom. The molecule has 0 N–H and O–H groups in total. The first-order valence-electron chi connectivity index (χ1n) is 7.44. The number of nitrogens with zero attached hydrogens (tertiary/aromatic N) is 3. The maximum Gasteiger partial charge on any atom is 0.257 e. The lowest BCUT2D eigenvalue weighted by Gasteiger charge is -2.30. The normalized spacial score (nSPS) is 18.3. The molecule has 9 heteroatoms. The van der Waals surface area contributed by atoms with Crippen LogP contribution in [0.4, 0.5) is 8.78 Å². The molecule has 0 spiro atoms. The zero-order chi connectivity index (χ0) is 18.2. The molecule has 6 nitrogen and oxygen atoms in total. The number of sulfonamides is 1.